The van der Waals surface area contributed by atoms with Gasteiger partial charge in [0, 0.05) is 6.04 Å². The summed E-state index contributed by atoms with van der Waals surface area (Å²) < 4.78 is 0. The first-order chi connectivity index (χ1) is 8.20. The van der Waals surface area contributed by atoms with E-state index in [-0.39, 0.29) is 6.10 Å². The van der Waals surface area contributed by atoms with Gasteiger partial charge in [0.15, 0.2) is 0 Å². The van der Waals surface area contributed by atoms with Crippen LogP contribution >= 0.6 is 0 Å². The Morgan fingerprint density at radius 1 is 1.24 bits per heavy atom. The summed E-state index contributed by atoms with van der Waals surface area (Å²) >= 11 is 0. The lowest BCUT2D eigenvalue weighted by Gasteiger charge is -2.38. The molecule has 0 aromatic heterocycles. The van der Waals surface area contributed by atoms with E-state index >= 15 is 0 Å². The second-order valence-corrected chi connectivity index (χ2v) is 6.38. The third-order valence-electron chi connectivity index (χ3n) is 5.00. The highest BCUT2D eigenvalue weighted by Gasteiger charge is 2.33. The van der Waals surface area contributed by atoms with E-state index in [2.05, 4.69) is 19.2 Å². The molecule has 0 aromatic rings. The number of nitrogens with one attached hydrogen (secondary N) is 1. The predicted molar refractivity (Wildman–Crippen MR) is 71.9 cm³/mol. The minimum atomic E-state index is -0.105. The molecule has 2 nitrogen and oxygen atoms in total. The van der Waals surface area contributed by atoms with Crippen LogP contribution in [0.3, 0.4) is 0 Å². The normalized spacial score (nSPS) is 41.1. The first-order valence-corrected chi connectivity index (χ1v) is 7.62. The molecular weight excluding hydrogens is 210 g/mol. The van der Waals surface area contributed by atoms with Crippen LogP contribution in [0.1, 0.15) is 58.8 Å². The zero-order chi connectivity index (χ0) is 12.3. The third-order valence-corrected chi connectivity index (χ3v) is 5.00. The summed E-state index contributed by atoms with van der Waals surface area (Å²) in [5, 5.41) is 14.1. The highest BCUT2D eigenvalue weighted by atomic mass is 16.3. The van der Waals surface area contributed by atoms with Crippen LogP contribution in [0.2, 0.25) is 0 Å². The monoisotopic (exact) mass is 239 g/mol. The molecule has 1 aliphatic carbocycles. The molecule has 0 aromatic carbocycles. The van der Waals surface area contributed by atoms with Crippen molar-refractivity contribution in [2.24, 2.45) is 17.8 Å². The van der Waals surface area contributed by atoms with Gasteiger partial charge in [-0.05, 0) is 50.0 Å². The van der Waals surface area contributed by atoms with E-state index in [4.69, 9.17) is 0 Å². The van der Waals surface area contributed by atoms with Crippen molar-refractivity contribution >= 4 is 0 Å². The second kappa shape index (κ2) is 6.19. The van der Waals surface area contributed by atoms with Gasteiger partial charge in [0.25, 0.3) is 0 Å². The zero-order valence-corrected chi connectivity index (χ0v) is 11.5. The summed E-state index contributed by atoms with van der Waals surface area (Å²) in [5.74, 6) is 2.19. The molecule has 5 atom stereocenters. The third kappa shape index (κ3) is 3.45. The van der Waals surface area contributed by atoms with Crippen LogP contribution in [-0.4, -0.2) is 23.8 Å². The summed E-state index contributed by atoms with van der Waals surface area (Å²) in [6, 6.07) is 0.365. The Balaban J connectivity index is 1.87. The van der Waals surface area contributed by atoms with Gasteiger partial charge in [-0.15, -0.1) is 0 Å². The average molecular weight is 239 g/mol. The van der Waals surface area contributed by atoms with E-state index in [1.807, 2.05) is 0 Å². The van der Waals surface area contributed by atoms with Gasteiger partial charge in [-0.3, -0.25) is 0 Å². The topological polar surface area (TPSA) is 32.3 Å². The maximum atomic E-state index is 10.6. The summed E-state index contributed by atoms with van der Waals surface area (Å²) in [4.78, 5) is 0. The number of aliphatic hydroxyl groups is 1. The van der Waals surface area contributed by atoms with Crippen molar-refractivity contribution in [1.29, 1.82) is 0 Å². The van der Waals surface area contributed by atoms with Gasteiger partial charge >= 0.3 is 0 Å². The molecule has 2 N–H and O–H groups in total. The fraction of sp³-hybridized carbons (Fsp3) is 1.00. The average Bonchev–Trinajstić information content (AvgIpc) is 2.38. The van der Waals surface area contributed by atoms with Gasteiger partial charge in [-0.2, -0.15) is 0 Å². The van der Waals surface area contributed by atoms with Gasteiger partial charge in [0.05, 0.1) is 6.10 Å². The van der Waals surface area contributed by atoms with Gasteiger partial charge in [0.2, 0.25) is 0 Å². The lowest BCUT2D eigenvalue weighted by Crippen LogP contribution is -2.49. The van der Waals surface area contributed by atoms with E-state index in [1.54, 1.807) is 0 Å². The fourth-order valence-corrected chi connectivity index (χ4v) is 3.78. The molecule has 2 fully saturated rings. The first kappa shape index (κ1) is 13.4. The second-order valence-electron chi connectivity index (χ2n) is 6.38. The van der Waals surface area contributed by atoms with E-state index in [0.717, 1.165) is 18.4 Å². The van der Waals surface area contributed by atoms with Crippen molar-refractivity contribution in [3.05, 3.63) is 0 Å². The van der Waals surface area contributed by atoms with Crippen LogP contribution in [-0.2, 0) is 0 Å². The van der Waals surface area contributed by atoms with Crippen molar-refractivity contribution in [2.45, 2.75) is 70.9 Å². The zero-order valence-electron chi connectivity index (χ0n) is 11.5. The van der Waals surface area contributed by atoms with Crippen LogP contribution in [0.15, 0.2) is 0 Å². The van der Waals surface area contributed by atoms with Crippen molar-refractivity contribution in [1.82, 2.24) is 5.32 Å². The standard InChI is InChI=1S/C15H29NO/c1-3-12-7-8-16-14(10-12)15(17)13-6-4-5-11(2)9-13/h11-17H,3-10H2,1-2H3. The molecule has 5 unspecified atom stereocenters. The molecule has 0 bridgehead atoms. The van der Waals surface area contributed by atoms with Crippen molar-refractivity contribution in [3.63, 3.8) is 0 Å². The number of rotatable bonds is 3. The summed E-state index contributed by atoms with van der Waals surface area (Å²) in [6.07, 6.45) is 8.78. The molecule has 0 radical (unpaired) electrons. The minimum Gasteiger partial charge on any atom is -0.391 e. The smallest absolute Gasteiger partial charge is 0.0721 e. The van der Waals surface area contributed by atoms with E-state index in [1.165, 1.54) is 44.9 Å². The largest absolute Gasteiger partial charge is 0.391 e. The lowest BCUT2D eigenvalue weighted by molar-refractivity contribution is 0.0243. The Hall–Kier alpha value is -0.0800. The van der Waals surface area contributed by atoms with Crippen LogP contribution in [0.25, 0.3) is 0 Å². The number of aliphatic hydroxyl groups excluding tert-OH is 1. The van der Waals surface area contributed by atoms with Crippen molar-refractivity contribution in [3.8, 4) is 0 Å². The van der Waals surface area contributed by atoms with Gasteiger partial charge in [-0.1, -0.05) is 33.1 Å². The molecular formula is C15H29NO. The van der Waals surface area contributed by atoms with E-state index in [0.29, 0.717) is 12.0 Å². The molecule has 1 saturated carbocycles. The van der Waals surface area contributed by atoms with E-state index in [9.17, 15) is 5.11 Å². The minimum absolute atomic E-state index is 0.105. The molecule has 1 aliphatic heterocycles. The molecule has 1 heterocycles. The Labute approximate surface area is 106 Å². The summed E-state index contributed by atoms with van der Waals surface area (Å²) in [7, 11) is 0. The van der Waals surface area contributed by atoms with Gasteiger partial charge in [-0.25, -0.2) is 0 Å². The van der Waals surface area contributed by atoms with Crippen LogP contribution in [0.5, 0.6) is 0 Å². The maximum Gasteiger partial charge on any atom is 0.0721 e. The Bertz CT molecular complexity index is 231. The SMILES string of the molecule is CCC1CCNC(C(O)C2CCCC(C)C2)C1. The first-order valence-electron chi connectivity index (χ1n) is 7.62. The molecule has 100 valence electrons. The Kier molecular flexibility index (Phi) is 4.87. The van der Waals surface area contributed by atoms with Crippen LogP contribution < -0.4 is 5.32 Å². The van der Waals surface area contributed by atoms with Crippen molar-refractivity contribution in [2.75, 3.05) is 6.54 Å². The highest BCUT2D eigenvalue weighted by Crippen LogP contribution is 2.33. The van der Waals surface area contributed by atoms with E-state index < -0.39 is 0 Å². The number of piperidine rings is 1. The summed E-state index contributed by atoms with van der Waals surface area (Å²) in [5.41, 5.74) is 0. The molecule has 2 aliphatic rings. The predicted octanol–water partition coefficient (Wildman–Crippen LogP) is 2.95. The molecule has 0 amide bonds. The Morgan fingerprint density at radius 3 is 2.76 bits per heavy atom. The number of hydrogen-bond donors (Lipinski definition) is 2. The van der Waals surface area contributed by atoms with Crippen LogP contribution in [0, 0.1) is 17.8 Å². The molecule has 1 saturated heterocycles. The van der Waals surface area contributed by atoms with Gasteiger partial charge in [0.1, 0.15) is 0 Å². The van der Waals surface area contributed by atoms with Crippen molar-refractivity contribution < 1.29 is 5.11 Å². The molecule has 2 heteroatoms. The molecule has 17 heavy (non-hydrogen) atoms. The Morgan fingerprint density at radius 2 is 2.06 bits per heavy atom. The quantitative estimate of drug-likeness (QED) is 0.793. The summed E-state index contributed by atoms with van der Waals surface area (Å²) in [6.45, 7) is 5.71. The lowest BCUT2D eigenvalue weighted by atomic mass is 9.75. The van der Waals surface area contributed by atoms with Crippen LogP contribution in [0.4, 0.5) is 0 Å². The molecule has 2 rings (SSSR count). The fourth-order valence-electron chi connectivity index (χ4n) is 3.78. The molecule has 0 spiro atoms. The maximum absolute atomic E-state index is 10.6. The van der Waals surface area contributed by atoms with Gasteiger partial charge < -0.3 is 10.4 Å². The number of hydrogen-bond acceptors (Lipinski definition) is 2. The highest BCUT2D eigenvalue weighted by molar-refractivity contribution is 4.88.